The van der Waals surface area contributed by atoms with Crippen molar-refractivity contribution in [3.63, 3.8) is 0 Å². The third-order valence-electron chi connectivity index (χ3n) is 4.73. The van der Waals surface area contributed by atoms with Crippen LogP contribution in [0.2, 0.25) is 0 Å². The molecule has 0 aromatic heterocycles. The van der Waals surface area contributed by atoms with Gasteiger partial charge in [0.2, 0.25) is 0 Å². The maximum Gasteiger partial charge on any atom is 0.308 e. The topological polar surface area (TPSA) is 40.5 Å². The molecule has 1 heterocycles. The zero-order valence-corrected chi connectivity index (χ0v) is 11.2. The monoisotopic (exact) mass is 259 g/mol. The molecule has 0 radical (unpaired) electrons. The summed E-state index contributed by atoms with van der Waals surface area (Å²) in [6.07, 6.45) is 5.09. The van der Waals surface area contributed by atoms with Crippen molar-refractivity contribution < 1.29 is 9.90 Å². The lowest BCUT2D eigenvalue weighted by Gasteiger charge is -2.23. The summed E-state index contributed by atoms with van der Waals surface area (Å²) in [6, 6.07) is 10.8. The molecule has 2 aliphatic rings. The van der Waals surface area contributed by atoms with Gasteiger partial charge in [-0.25, -0.2) is 0 Å². The van der Waals surface area contributed by atoms with Crippen molar-refractivity contribution >= 4 is 5.97 Å². The van der Waals surface area contributed by atoms with Crippen LogP contribution >= 0.6 is 0 Å². The summed E-state index contributed by atoms with van der Waals surface area (Å²) in [4.78, 5) is 13.9. The fraction of sp³-hybridized carbons (Fsp3) is 0.562. The van der Waals surface area contributed by atoms with Gasteiger partial charge < -0.3 is 5.11 Å². The summed E-state index contributed by atoms with van der Waals surface area (Å²) in [5.74, 6) is -0.739. The highest BCUT2D eigenvalue weighted by atomic mass is 16.4. The zero-order chi connectivity index (χ0) is 13.2. The smallest absolute Gasteiger partial charge is 0.308 e. The molecule has 1 saturated heterocycles. The highest BCUT2D eigenvalue weighted by Gasteiger charge is 2.41. The Bertz CT molecular complexity index is 439. The summed E-state index contributed by atoms with van der Waals surface area (Å²) >= 11 is 0. The number of rotatable bonds is 3. The Hall–Kier alpha value is -1.35. The largest absolute Gasteiger partial charge is 0.481 e. The lowest BCUT2D eigenvalue weighted by atomic mass is 9.89. The maximum atomic E-state index is 11.5. The summed E-state index contributed by atoms with van der Waals surface area (Å²) in [5.41, 5.74) is 1.18. The Morgan fingerprint density at radius 3 is 2.42 bits per heavy atom. The molecular formula is C16H21NO2. The van der Waals surface area contributed by atoms with Crippen LogP contribution in [0.3, 0.4) is 0 Å². The quantitative estimate of drug-likeness (QED) is 0.907. The third kappa shape index (κ3) is 2.52. The average Bonchev–Trinajstić information content (AvgIpc) is 3.08. The molecular weight excluding hydrogens is 238 g/mol. The van der Waals surface area contributed by atoms with Gasteiger partial charge in [0.25, 0.3) is 0 Å². The van der Waals surface area contributed by atoms with E-state index in [4.69, 9.17) is 0 Å². The van der Waals surface area contributed by atoms with E-state index in [0.717, 1.165) is 13.1 Å². The van der Waals surface area contributed by atoms with Crippen LogP contribution in [0, 0.1) is 5.92 Å². The highest BCUT2D eigenvalue weighted by molar-refractivity contribution is 5.72. The van der Waals surface area contributed by atoms with E-state index in [1.807, 2.05) is 18.2 Å². The van der Waals surface area contributed by atoms with E-state index in [1.165, 1.54) is 31.2 Å². The van der Waals surface area contributed by atoms with E-state index in [1.54, 1.807) is 0 Å². The van der Waals surface area contributed by atoms with Crippen molar-refractivity contribution in [2.75, 3.05) is 13.1 Å². The predicted octanol–water partition coefficient (Wildman–Crippen LogP) is 2.73. The first-order valence-electron chi connectivity index (χ1n) is 7.27. The van der Waals surface area contributed by atoms with E-state index in [9.17, 15) is 9.90 Å². The van der Waals surface area contributed by atoms with Crippen LogP contribution < -0.4 is 0 Å². The number of likely N-dealkylation sites (tertiary alicyclic amines) is 1. The normalized spacial score (nSPS) is 28.8. The molecule has 0 amide bonds. The number of carboxylic acid groups (broad SMARTS) is 1. The Morgan fingerprint density at radius 1 is 1.11 bits per heavy atom. The van der Waals surface area contributed by atoms with Gasteiger partial charge in [-0.05, 0) is 18.4 Å². The fourth-order valence-electron chi connectivity index (χ4n) is 3.69. The first-order valence-corrected chi connectivity index (χ1v) is 7.27. The first-order chi connectivity index (χ1) is 9.25. The van der Waals surface area contributed by atoms with Gasteiger partial charge in [0.05, 0.1) is 5.92 Å². The molecule has 2 atom stereocenters. The Balaban J connectivity index is 1.79. The summed E-state index contributed by atoms with van der Waals surface area (Å²) < 4.78 is 0. The molecule has 0 spiro atoms. The molecule has 1 aliphatic carbocycles. The number of carbonyl (C=O) groups is 1. The summed E-state index contributed by atoms with van der Waals surface area (Å²) in [7, 11) is 0. The van der Waals surface area contributed by atoms with Gasteiger partial charge >= 0.3 is 5.97 Å². The number of hydrogen-bond donors (Lipinski definition) is 1. The SMILES string of the molecule is O=C(O)[C@@H]1CN(C2CCCC2)C[C@H]1c1ccccc1. The molecule has 2 fully saturated rings. The first kappa shape index (κ1) is 12.7. The average molecular weight is 259 g/mol. The van der Waals surface area contributed by atoms with Crippen LogP contribution in [0.5, 0.6) is 0 Å². The maximum absolute atomic E-state index is 11.5. The van der Waals surface area contributed by atoms with Gasteiger partial charge in [-0.2, -0.15) is 0 Å². The Morgan fingerprint density at radius 2 is 1.79 bits per heavy atom. The summed E-state index contributed by atoms with van der Waals surface area (Å²) in [6.45, 7) is 1.63. The number of benzene rings is 1. The minimum absolute atomic E-state index is 0.152. The molecule has 1 aliphatic heterocycles. The van der Waals surface area contributed by atoms with Crippen LogP contribution in [0.4, 0.5) is 0 Å². The van der Waals surface area contributed by atoms with Crippen molar-refractivity contribution in [3.05, 3.63) is 35.9 Å². The zero-order valence-electron chi connectivity index (χ0n) is 11.2. The molecule has 0 unspecified atom stereocenters. The van der Waals surface area contributed by atoms with Gasteiger partial charge in [-0.1, -0.05) is 43.2 Å². The second-order valence-corrected chi connectivity index (χ2v) is 5.85. The van der Waals surface area contributed by atoms with Crippen molar-refractivity contribution in [1.29, 1.82) is 0 Å². The molecule has 1 aromatic carbocycles. The fourth-order valence-corrected chi connectivity index (χ4v) is 3.69. The van der Waals surface area contributed by atoms with Crippen LogP contribution in [-0.4, -0.2) is 35.1 Å². The molecule has 3 nitrogen and oxygen atoms in total. The van der Waals surface area contributed by atoms with Gasteiger partial charge in [0.15, 0.2) is 0 Å². The van der Waals surface area contributed by atoms with Gasteiger partial charge in [-0.3, -0.25) is 9.69 Å². The second kappa shape index (κ2) is 5.33. The van der Waals surface area contributed by atoms with Crippen LogP contribution in [0.1, 0.15) is 37.2 Å². The molecule has 3 rings (SSSR count). The minimum atomic E-state index is -0.644. The van der Waals surface area contributed by atoms with Gasteiger partial charge in [-0.15, -0.1) is 0 Å². The molecule has 1 N–H and O–H groups in total. The lowest BCUT2D eigenvalue weighted by Crippen LogP contribution is -2.31. The lowest BCUT2D eigenvalue weighted by molar-refractivity contribution is -0.141. The van der Waals surface area contributed by atoms with Gasteiger partial charge in [0, 0.05) is 25.0 Å². The third-order valence-corrected chi connectivity index (χ3v) is 4.73. The molecule has 1 aromatic rings. The van der Waals surface area contributed by atoms with Crippen molar-refractivity contribution in [1.82, 2.24) is 4.90 Å². The number of hydrogen-bond acceptors (Lipinski definition) is 2. The summed E-state index contributed by atoms with van der Waals surface area (Å²) in [5, 5.41) is 9.48. The van der Waals surface area contributed by atoms with E-state index < -0.39 is 5.97 Å². The van der Waals surface area contributed by atoms with E-state index in [-0.39, 0.29) is 11.8 Å². The van der Waals surface area contributed by atoms with E-state index in [0.29, 0.717) is 6.04 Å². The standard InChI is InChI=1S/C16H21NO2/c18-16(19)15-11-17(13-8-4-5-9-13)10-14(15)12-6-2-1-3-7-12/h1-3,6-7,13-15H,4-5,8-11H2,(H,18,19)/t14-,15+/m0/s1. The minimum Gasteiger partial charge on any atom is -0.481 e. The van der Waals surface area contributed by atoms with Crippen LogP contribution in [0.15, 0.2) is 30.3 Å². The molecule has 19 heavy (non-hydrogen) atoms. The van der Waals surface area contributed by atoms with E-state index >= 15 is 0 Å². The Kier molecular flexibility index (Phi) is 3.56. The molecule has 1 saturated carbocycles. The molecule has 0 bridgehead atoms. The van der Waals surface area contributed by atoms with E-state index in [2.05, 4.69) is 17.0 Å². The van der Waals surface area contributed by atoms with Crippen LogP contribution in [0.25, 0.3) is 0 Å². The predicted molar refractivity (Wildman–Crippen MR) is 74.1 cm³/mol. The van der Waals surface area contributed by atoms with Gasteiger partial charge in [0.1, 0.15) is 0 Å². The van der Waals surface area contributed by atoms with Crippen molar-refractivity contribution in [2.24, 2.45) is 5.92 Å². The second-order valence-electron chi connectivity index (χ2n) is 5.85. The number of nitrogens with zero attached hydrogens (tertiary/aromatic N) is 1. The molecule has 102 valence electrons. The van der Waals surface area contributed by atoms with Crippen molar-refractivity contribution in [2.45, 2.75) is 37.6 Å². The number of carboxylic acids is 1. The molecule has 3 heteroatoms. The Labute approximate surface area is 114 Å². The number of aliphatic carboxylic acids is 1. The van der Waals surface area contributed by atoms with Crippen LogP contribution in [-0.2, 0) is 4.79 Å². The highest BCUT2D eigenvalue weighted by Crippen LogP contribution is 2.36. The van der Waals surface area contributed by atoms with Crippen molar-refractivity contribution in [3.8, 4) is 0 Å².